The molecule has 0 aliphatic heterocycles. The monoisotopic (exact) mass is 218 g/mol. The lowest BCUT2D eigenvalue weighted by Gasteiger charge is -2.00. The summed E-state index contributed by atoms with van der Waals surface area (Å²) in [6.45, 7) is 1.92. The molecule has 0 bridgehead atoms. The molecule has 0 unspecified atom stereocenters. The lowest BCUT2D eigenvalue weighted by atomic mass is 10.1. The molecular weight excluding hydrogens is 204 g/mol. The summed E-state index contributed by atoms with van der Waals surface area (Å²) in [5.41, 5.74) is 2.13. The molecule has 1 rings (SSSR count). The molecule has 1 aromatic rings. The van der Waals surface area contributed by atoms with E-state index in [9.17, 15) is 9.59 Å². The third-order valence-electron chi connectivity index (χ3n) is 2.24. The smallest absolute Gasteiger partial charge is 0.337 e. The van der Waals surface area contributed by atoms with Crippen LogP contribution in [0.25, 0.3) is 6.08 Å². The van der Waals surface area contributed by atoms with Gasteiger partial charge in [0.05, 0.1) is 12.7 Å². The van der Waals surface area contributed by atoms with Crippen molar-refractivity contribution in [3.05, 3.63) is 41.0 Å². The Morgan fingerprint density at radius 3 is 2.38 bits per heavy atom. The van der Waals surface area contributed by atoms with E-state index in [1.165, 1.54) is 7.11 Å². The Morgan fingerprint density at radius 2 is 1.94 bits per heavy atom. The van der Waals surface area contributed by atoms with Crippen LogP contribution in [0.4, 0.5) is 0 Å². The highest BCUT2D eigenvalue weighted by atomic mass is 16.5. The van der Waals surface area contributed by atoms with Gasteiger partial charge in [0.2, 0.25) is 0 Å². The van der Waals surface area contributed by atoms with E-state index >= 15 is 0 Å². The fourth-order valence-electron chi connectivity index (χ4n) is 1.27. The van der Waals surface area contributed by atoms with E-state index in [1.54, 1.807) is 30.3 Å². The van der Waals surface area contributed by atoms with Gasteiger partial charge in [-0.2, -0.15) is 0 Å². The van der Waals surface area contributed by atoms with Gasteiger partial charge in [-0.3, -0.25) is 4.79 Å². The predicted octanol–water partition coefficient (Wildman–Crippen LogP) is 2.47. The van der Waals surface area contributed by atoms with Crippen molar-refractivity contribution in [2.24, 2.45) is 0 Å². The lowest BCUT2D eigenvalue weighted by molar-refractivity contribution is -0.104. The van der Waals surface area contributed by atoms with Crippen molar-refractivity contribution >= 4 is 18.3 Å². The molecule has 0 N–H and O–H groups in total. The van der Waals surface area contributed by atoms with Crippen LogP contribution in [0.2, 0.25) is 0 Å². The Kier molecular flexibility index (Phi) is 4.45. The third kappa shape index (κ3) is 3.05. The highest BCUT2D eigenvalue weighted by Gasteiger charge is 2.03. The molecular formula is C13H14O3. The van der Waals surface area contributed by atoms with E-state index in [1.807, 2.05) is 6.92 Å². The summed E-state index contributed by atoms with van der Waals surface area (Å²) < 4.78 is 4.59. The minimum absolute atomic E-state index is 0.360. The topological polar surface area (TPSA) is 43.4 Å². The van der Waals surface area contributed by atoms with Crippen molar-refractivity contribution in [3.8, 4) is 0 Å². The molecule has 0 radical (unpaired) electrons. The van der Waals surface area contributed by atoms with Crippen LogP contribution in [0.1, 0.15) is 29.3 Å². The Morgan fingerprint density at radius 1 is 1.31 bits per heavy atom. The number of methoxy groups -OCH3 is 1. The zero-order valence-corrected chi connectivity index (χ0v) is 9.40. The number of aldehydes is 1. The molecule has 3 heteroatoms. The molecule has 0 spiro atoms. The SMILES string of the molecule is CCC(C=O)=Cc1ccc(C(=O)OC)cc1. The minimum atomic E-state index is -0.360. The first-order chi connectivity index (χ1) is 7.71. The van der Waals surface area contributed by atoms with E-state index < -0.39 is 0 Å². The molecule has 0 amide bonds. The Labute approximate surface area is 94.7 Å². The summed E-state index contributed by atoms with van der Waals surface area (Å²) >= 11 is 0. The number of benzene rings is 1. The molecule has 1 aromatic carbocycles. The van der Waals surface area contributed by atoms with Gasteiger partial charge in [-0.05, 0) is 35.8 Å². The first kappa shape index (κ1) is 12.2. The van der Waals surface area contributed by atoms with Crippen molar-refractivity contribution in [1.82, 2.24) is 0 Å². The Bertz CT molecular complexity index is 402. The standard InChI is InChI=1S/C13H14O3/c1-3-10(9-14)8-11-4-6-12(7-5-11)13(15)16-2/h4-9H,3H2,1-2H3. The van der Waals surface area contributed by atoms with Crippen molar-refractivity contribution in [2.75, 3.05) is 7.11 Å². The zero-order valence-electron chi connectivity index (χ0n) is 9.40. The molecule has 16 heavy (non-hydrogen) atoms. The highest BCUT2D eigenvalue weighted by Crippen LogP contribution is 2.10. The summed E-state index contributed by atoms with van der Waals surface area (Å²) in [5, 5.41) is 0. The lowest BCUT2D eigenvalue weighted by Crippen LogP contribution is -2.00. The molecule has 0 aliphatic carbocycles. The van der Waals surface area contributed by atoms with Crippen LogP contribution in [0.15, 0.2) is 29.8 Å². The van der Waals surface area contributed by atoms with E-state index in [4.69, 9.17) is 0 Å². The minimum Gasteiger partial charge on any atom is -0.465 e. The van der Waals surface area contributed by atoms with Crippen LogP contribution in [0.5, 0.6) is 0 Å². The predicted molar refractivity (Wildman–Crippen MR) is 62.1 cm³/mol. The molecule has 0 aromatic heterocycles. The molecule has 0 saturated heterocycles. The van der Waals surface area contributed by atoms with Crippen molar-refractivity contribution < 1.29 is 14.3 Å². The van der Waals surface area contributed by atoms with Crippen LogP contribution >= 0.6 is 0 Å². The second kappa shape index (κ2) is 5.85. The van der Waals surface area contributed by atoms with Crippen LogP contribution in [0, 0.1) is 0 Å². The van der Waals surface area contributed by atoms with E-state index in [-0.39, 0.29) is 5.97 Å². The van der Waals surface area contributed by atoms with E-state index in [0.29, 0.717) is 12.0 Å². The fraction of sp³-hybridized carbons (Fsp3) is 0.231. The van der Waals surface area contributed by atoms with Crippen LogP contribution in [0.3, 0.4) is 0 Å². The number of esters is 1. The molecule has 0 fully saturated rings. The summed E-state index contributed by atoms with van der Waals surface area (Å²) in [5.74, 6) is -0.360. The second-order valence-corrected chi connectivity index (χ2v) is 3.30. The van der Waals surface area contributed by atoms with Gasteiger partial charge in [0.1, 0.15) is 6.29 Å². The number of ether oxygens (including phenoxy) is 1. The maximum absolute atomic E-state index is 11.2. The van der Waals surface area contributed by atoms with Gasteiger partial charge in [-0.15, -0.1) is 0 Å². The van der Waals surface area contributed by atoms with Crippen LogP contribution in [-0.2, 0) is 9.53 Å². The first-order valence-corrected chi connectivity index (χ1v) is 5.05. The number of hydrogen-bond donors (Lipinski definition) is 0. The molecule has 84 valence electrons. The van der Waals surface area contributed by atoms with Gasteiger partial charge in [0.25, 0.3) is 0 Å². The summed E-state index contributed by atoms with van der Waals surface area (Å²) in [6, 6.07) is 6.92. The van der Waals surface area contributed by atoms with Crippen LogP contribution < -0.4 is 0 Å². The van der Waals surface area contributed by atoms with E-state index in [0.717, 1.165) is 17.4 Å². The van der Waals surface area contributed by atoms with Crippen LogP contribution in [-0.4, -0.2) is 19.4 Å². The number of hydrogen-bond acceptors (Lipinski definition) is 3. The van der Waals surface area contributed by atoms with Gasteiger partial charge >= 0.3 is 5.97 Å². The summed E-state index contributed by atoms with van der Waals surface area (Å²) in [6.07, 6.45) is 3.34. The molecule has 3 nitrogen and oxygen atoms in total. The zero-order chi connectivity index (χ0) is 12.0. The van der Waals surface area contributed by atoms with Crippen molar-refractivity contribution in [2.45, 2.75) is 13.3 Å². The Balaban J connectivity index is 2.91. The Hall–Kier alpha value is -1.90. The normalized spacial score (nSPS) is 11.0. The van der Waals surface area contributed by atoms with Gasteiger partial charge in [0, 0.05) is 0 Å². The average Bonchev–Trinajstić information content (AvgIpc) is 2.35. The third-order valence-corrected chi connectivity index (χ3v) is 2.24. The first-order valence-electron chi connectivity index (χ1n) is 5.05. The maximum Gasteiger partial charge on any atom is 0.337 e. The molecule has 0 atom stereocenters. The van der Waals surface area contributed by atoms with Crippen molar-refractivity contribution in [3.63, 3.8) is 0 Å². The van der Waals surface area contributed by atoms with Crippen molar-refractivity contribution in [1.29, 1.82) is 0 Å². The number of rotatable bonds is 4. The average molecular weight is 218 g/mol. The van der Waals surface area contributed by atoms with Gasteiger partial charge < -0.3 is 4.74 Å². The highest BCUT2D eigenvalue weighted by molar-refractivity contribution is 5.89. The number of carbonyl (C=O) groups is 2. The molecule has 0 heterocycles. The van der Waals surface area contributed by atoms with Gasteiger partial charge in [-0.1, -0.05) is 19.1 Å². The van der Waals surface area contributed by atoms with Gasteiger partial charge in [0.15, 0.2) is 0 Å². The number of allylic oxidation sites excluding steroid dienone is 1. The number of carbonyl (C=O) groups excluding carboxylic acids is 2. The summed E-state index contributed by atoms with van der Waals surface area (Å²) in [7, 11) is 1.34. The largest absolute Gasteiger partial charge is 0.465 e. The maximum atomic E-state index is 11.2. The fourth-order valence-corrected chi connectivity index (χ4v) is 1.27. The van der Waals surface area contributed by atoms with E-state index in [2.05, 4.69) is 4.74 Å². The van der Waals surface area contributed by atoms with Gasteiger partial charge in [-0.25, -0.2) is 4.79 Å². The molecule has 0 aliphatic rings. The quantitative estimate of drug-likeness (QED) is 0.443. The molecule has 0 saturated carbocycles. The second-order valence-electron chi connectivity index (χ2n) is 3.30. The summed E-state index contributed by atoms with van der Waals surface area (Å²) in [4.78, 5) is 21.8.